The second kappa shape index (κ2) is 6.48. The molecule has 0 aliphatic rings. The molecule has 0 atom stereocenters. The van der Waals surface area contributed by atoms with E-state index in [1.807, 2.05) is 0 Å². The Kier molecular flexibility index (Phi) is 4.79. The topological polar surface area (TPSA) is 72.2 Å². The number of nitro benzene ring substituents is 1. The van der Waals surface area contributed by atoms with Crippen LogP contribution in [-0.2, 0) is 6.18 Å². The van der Waals surface area contributed by atoms with Crippen molar-refractivity contribution in [1.82, 2.24) is 0 Å². The van der Waals surface area contributed by atoms with E-state index in [2.05, 4.69) is 5.32 Å². The number of alkyl halides is 3. The van der Waals surface area contributed by atoms with Crippen molar-refractivity contribution < 1.29 is 22.9 Å². The van der Waals surface area contributed by atoms with Gasteiger partial charge in [0.05, 0.1) is 16.2 Å². The van der Waals surface area contributed by atoms with Crippen molar-refractivity contribution in [2.75, 3.05) is 5.32 Å². The lowest BCUT2D eigenvalue weighted by Gasteiger charge is -2.14. The number of amides is 1. The minimum absolute atomic E-state index is 0.00109. The Balaban J connectivity index is 2.34. The molecule has 126 valence electrons. The second-order valence-electron chi connectivity index (χ2n) is 4.90. The van der Waals surface area contributed by atoms with Gasteiger partial charge in [0, 0.05) is 22.2 Å². The van der Waals surface area contributed by atoms with Gasteiger partial charge in [0.1, 0.15) is 0 Å². The SMILES string of the molecule is Cc1cc(C(=O)Nc2ccc(Cl)cc2C(F)(F)F)ccc1[N+](=O)[O-]. The summed E-state index contributed by atoms with van der Waals surface area (Å²) >= 11 is 5.57. The number of hydrogen-bond acceptors (Lipinski definition) is 3. The van der Waals surface area contributed by atoms with Crippen LogP contribution in [-0.4, -0.2) is 10.8 Å². The van der Waals surface area contributed by atoms with Crippen LogP contribution in [0.1, 0.15) is 21.5 Å². The summed E-state index contributed by atoms with van der Waals surface area (Å²) in [6.07, 6.45) is -4.70. The van der Waals surface area contributed by atoms with Crippen LogP contribution in [0.15, 0.2) is 36.4 Å². The number of nitrogens with one attached hydrogen (secondary N) is 1. The second-order valence-corrected chi connectivity index (χ2v) is 5.34. The first-order valence-electron chi connectivity index (χ1n) is 6.52. The molecule has 2 aromatic rings. The summed E-state index contributed by atoms with van der Waals surface area (Å²) in [4.78, 5) is 22.3. The molecular weight excluding hydrogens is 349 g/mol. The van der Waals surface area contributed by atoms with Crippen LogP contribution in [0.25, 0.3) is 0 Å². The van der Waals surface area contributed by atoms with Crippen molar-refractivity contribution in [2.24, 2.45) is 0 Å². The number of anilines is 1. The molecule has 0 aromatic heterocycles. The molecule has 1 N–H and O–H groups in total. The Hall–Kier alpha value is -2.61. The average molecular weight is 359 g/mol. The smallest absolute Gasteiger partial charge is 0.321 e. The number of halogens is 4. The summed E-state index contributed by atoms with van der Waals surface area (Å²) in [6.45, 7) is 1.43. The van der Waals surface area contributed by atoms with Gasteiger partial charge in [0.15, 0.2) is 0 Å². The molecule has 0 unspecified atom stereocenters. The van der Waals surface area contributed by atoms with Crippen LogP contribution in [0, 0.1) is 17.0 Å². The third kappa shape index (κ3) is 3.83. The molecule has 1 amide bonds. The van der Waals surface area contributed by atoms with Crippen LogP contribution in [0.5, 0.6) is 0 Å². The highest BCUT2D eigenvalue weighted by Crippen LogP contribution is 2.36. The summed E-state index contributed by atoms with van der Waals surface area (Å²) in [5, 5.41) is 12.8. The normalized spacial score (nSPS) is 11.2. The molecule has 5 nitrogen and oxygen atoms in total. The van der Waals surface area contributed by atoms with E-state index in [9.17, 15) is 28.1 Å². The lowest BCUT2D eigenvalue weighted by atomic mass is 10.1. The summed E-state index contributed by atoms with van der Waals surface area (Å²) in [6, 6.07) is 6.49. The monoisotopic (exact) mass is 358 g/mol. The lowest BCUT2D eigenvalue weighted by molar-refractivity contribution is -0.385. The van der Waals surface area contributed by atoms with Crippen LogP contribution in [0.3, 0.4) is 0 Å². The fraction of sp³-hybridized carbons (Fsp3) is 0.133. The van der Waals surface area contributed by atoms with Gasteiger partial charge < -0.3 is 5.32 Å². The van der Waals surface area contributed by atoms with Crippen LogP contribution < -0.4 is 5.32 Å². The Morgan fingerprint density at radius 3 is 2.42 bits per heavy atom. The zero-order chi connectivity index (χ0) is 18.1. The number of hydrogen-bond donors (Lipinski definition) is 1. The largest absolute Gasteiger partial charge is 0.418 e. The summed E-state index contributed by atoms with van der Waals surface area (Å²) in [5.74, 6) is -0.819. The van der Waals surface area contributed by atoms with E-state index in [1.54, 1.807) is 0 Å². The predicted octanol–water partition coefficient (Wildman–Crippen LogP) is 4.83. The first-order valence-corrected chi connectivity index (χ1v) is 6.90. The van der Waals surface area contributed by atoms with Crippen LogP contribution in [0.4, 0.5) is 24.5 Å². The maximum absolute atomic E-state index is 13.0. The van der Waals surface area contributed by atoms with Gasteiger partial charge in [0.25, 0.3) is 11.6 Å². The van der Waals surface area contributed by atoms with Crippen LogP contribution in [0.2, 0.25) is 5.02 Å². The lowest BCUT2D eigenvalue weighted by Crippen LogP contribution is -2.17. The molecule has 9 heteroatoms. The quantitative estimate of drug-likeness (QED) is 0.631. The molecule has 0 bridgehead atoms. The predicted molar refractivity (Wildman–Crippen MR) is 82.2 cm³/mol. The number of nitrogens with zero attached hydrogens (tertiary/aromatic N) is 1. The Bertz CT molecular complexity index is 822. The van der Waals surface area contributed by atoms with E-state index in [0.29, 0.717) is 6.07 Å². The minimum Gasteiger partial charge on any atom is -0.321 e. The van der Waals surface area contributed by atoms with E-state index in [4.69, 9.17) is 11.6 Å². The van der Waals surface area contributed by atoms with E-state index in [1.165, 1.54) is 25.1 Å². The summed E-state index contributed by atoms with van der Waals surface area (Å²) in [5.41, 5.74) is -1.50. The van der Waals surface area contributed by atoms with E-state index in [0.717, 1.165) is 12.1 Å². The van der Waals surface area contributed by atoms with Gasteiger partial charge in [-0.1, -0.05) is 11.6 Å². The van der Waals surface area contributed by atoms with Crippen molar-refractivity contribution in [1.29, 1.82) is 0 Å². The molecule has 0 saturated heterocycles. The molecule has 0 saturated carbocycles. The molecule has 2 rings (SSSR count). The molecule has 0 aliphatic carbocycles. The number of carbonyl (C=O) groups is 1. The third-order valence-corrected chi connectivity index (χ3v) is 3.43. The molecule has 0 heterocycles. The Morgan fingerprint density at radius 1 is 1.21 bits per heavy atom. The molecule has 0 fully saturated rings. The minimum atomic E-state index is -4.70. The molecule has 0 radical (unpaired) electrons. The van der Waals surface area contributed by atoms with Crippen molar-refractivity contribution in [3.05, 3.63) is 68.2 Å². The highest BCUT2D eigenvalue weighted by atomic mass is 35.5. The molecular formula is C15H10ClF3N2O3. The third-order valence-electron chi connectivity index (χ3n) is 3.19. The Labute approximate surface area is 139 Å². The van der Waals surface area contributed by atoms with Crippen LogP contribution >= 0.6 is 11.6 Å². The van der Waals surface area contributed by atoms with Crippen molar-refractivity contribution in [2.45, 2.75) is 13.1 Å². The highest BCUT2D eigenvalue weighted by molar-refractivity contribution is 6.30. The van der Waals surface area contributed by atoms with E-state index in [-0.39, 0.29) is 21.8 Å². The van der Waals surface area contributed by atoms with E-state index < -0.39 is 28.3 Å². The van der Waals surface area contributed by atoms with Gasteiger partial charge in [-0.3, -0.25) is 14.9 Å². The van der Waals surface area contributed by atoms with Gasteiger partial charge in [-0.25, -0.2) is 0 Å². The number of nitro groups is 1. The zero-order valence-corrected chi connectivity index (χ0v) is 12.9. The zero-order valence-electron chi connectivity index (χ0n) is 12.1. The maximum Gasteiger partial charge on any atom is 0.418 e. The molecule has 0 spiro atoms. The van der Waals surface area contributed by atoms with Gasteiger partial charge in [-0.05, 0) is 37.3 Å². The molecule has 24 heavy (non-hydrogen) atoms. The van der Waals surface area contributed by atoms with Crippen molar-refractivity contribution >= 4 is 28.9 Å². The fourth-order valence-electron chi connectivity index (χ4n) is 2.06. The molecule has 0 aliphatic heterocycles. The number of carbonyl (C=O) groups excluding carboxylic acids is 1. The fourth-order valence-corrected chi connectivity index (χ4v) is 2.23. The van der Waals surface area contributed by atoms with Gasteiger partial charge >= 0.3 is 6.18 Å². The standard InChI is InChI=1S/C15H10ClF3N2O3/c1-8-6-9(2-5-13(8)21(23)24)14(22)20-12-4-3-10(16)7-11(12)15(17,18)19/h2-7H,1H3,(H,20,22). The number of aryl methyl sites for hydroxylation is 1. The Morgan fingerprint density at radius 2 is 1.88 bits per heavy atom. The number of rotatable bonds is 3. The summed E-state index contributed by atoms with van der Waals surface area (Å²) < 4.78 is 39.0. The van der Waals surface area contributed by atoms with Crippen molar-refractivity contribution in [3.8, 4) is 0 Å². The van der Waals surface area contributed by atoms with Gasteiger partial charge in [-0.15, -0.1) is 0 Å². The highest BCUT2D eigenvalue weighted by Gasteiger charge is 2.34. The van der Waals surface area contributed by atoms with Gasteiger partial charge in [-0.2, -0.15) is 13.2 Å². The van der Waals surface area contributed by atoms with E-state index >= 15 is 0 Å². The number of benzene rings is 2. The van der Waals surface area contributed by atoms with Crippen molar-refractivity contribution in [3.63, 3.8) is 0 Å². The first-order chi connectivity index (χ1) is 11.1. The average Bonchev–Trinajstić information content (AvgIpc) is 2.47. The molecule has 2 aromatic carbocycles. The summed E-state index contributed by atoms with van der Waals surface area (Å²) in [7, 11) is 0. The van der Waals surface area contributed by atoms with Gasteiger partial charge in [0.2, 0.25) is 0 Å². The maximum atomic E-state index is 13.0. The first kappa shape index (κ1) is 17.7.